The number of benzene rings is 2. The van der Waals surface area contributed by atoms with E-state index in [4.69, 9.17) is 33.3 Å². The van der Waals surface area contributed by atoms with Gasteiger partial charge < -0.3 is 9.47 Å². The van der Waals surface area contributed by atoms with E-state index in [1.165, 1.54) is 11.0 Å². The molecule has 134 valence electrons. The number of halogens is 1. The van der Waals surface area contributed by atoms with Crippen molar-refractivity contribution in [3.8, 4) is 11.5 Å². The number of hydrogen-bond donors (Lipinski definition) is 1. The Kier molecular flexibility index (Phi) is 5.70. The average molecular weight is 389 g/mol. The smallest absolute Gasteiger partial charge is 0.216 e. The first-order valence-corrected chi connectivity index (χ1v) is 8.57. The molecule has 0 spiro atoms. The predicted molar refractivity (Wildman–Crippen MR) is 104 cm³/mol. The minimum atomic E-state index is 0.358. The quantitative estimate of drug-likeness (QED) is 0.503. The second kappa shape index (κ2) is 8.16. The summed E-state index contributed by atoms with van der Waals surface area (Å²) in [6.45, 7) is 2.30. The van der Waals surface area contributed by atoms with Crippen molar-refractivity contribution in [1.82, 2.24) is 14.9 Å². The van der Waals surface area contributed by atoms with Crippen LogP contribution in [-0.4, -0.2) is 28.2 Å². The Morgan fingerprint density at radius 2 is 2.15 bits per heavy atom. The van der Waals surface area contributed by atoms with Crippen LogP contribution in [0.25, 0.3) is 0 Å². The van der Waals surface area contributed by atoms with Gasteiger partial charge in [-0.1, -0.05) is 11.6 Å². The molecule has 0 unspecified atom stereocenters. The summed E-state index contributed by atoms with van der Waals surface area (Å²) in [5.74, 6) is 1.49. The molecule has 0 saturated carbocycles. The Hall–Kier alpha value is -2.64. The zero-order valence-electron chi connectivity index (χ0n) is 14.3. The molecule has 0 saturated heterocycles. The van der Waals surface area contributed by atoms with Crippen LogP contribution < -0.4 is 9.47 Å². The van der Waals surface area contributed by atoms with E-state index < -0.39 is 0 Å². The normalized spacial score (nSPS) is 11.0. The third kappa shape index (κ3) is 4.30. The van der Waals surface area contributed by atoms with E-state index in [2.05, 4.69) is 15.3 Å². The summed E-state index contributed by atoms with van der Waals surface area (Å²) in [7, 11) is 1.63. The lowest BCUT2D eigenvalue weighted by molar-refractivity contribution is 0.296. The molecule has 0 aliphatic carbocycles. The molecule has 0 amide bonds. The molecular weight excluding hydrogens is 372 g/mol. The molecule has 3 rings (SSSR count). The number of rotatable bonds is 6. The number of ether oxygens (including phenoxy) is 2. The minimum absolute atomic E-state index is 0.358. The molecule has 2 aromatic carbocycles. The van der Waals surface area contributed by atoms with E-state index in [1.807, 2.05) is 43.3 Å². The summed E-state index contributed by atoms with van der Waals surface area (Å²) >= 11 is 11.1. The first kappa shape index (κ1) is 18.2. The van der Waals surface area contributed by atoms with Crippen LogP contribution in [0.2, 0.25) is 5.02 Å². The van der Waals surface area contributed by atoms with Crippen molar-refractivity contribution in [3.05, 3.63) is 69.2 Å². The number of aryl methyl sites for hydroxylation is 1. The van der Waals surface area contributed by atoms with E-state index in [-0.39, 0.29) is 0 Å². The SMILES string of the molecule is COc1ccc(/C=N\n2cn[nH]c2=S)cc1COc1ccc(Cl)c(C)c1. The van der Waals surface area contributed by atoms with Gasteiger partial charge in [-0.3, -0.25) is 5.10 Å². The van der Waals surface area contributed by atoms with Crippen LogP contribution >= 0.6 is 23.8 Å². The van der Waals surface area contributed by atoms with Gasteiger partial charge in [-0.15, -0.1) is 0 Å². The van der Waals surface area contributed by atoms with Gasteiger partial charge in [0.05, 0.1) is 13.3 Å². The molecule has 1 aromatic heterocycles. The van der Waals surface area contributed by atoms with Crippen molar-refractivity contribution in [1.29, 1.82) is 0 Å². The molecule has 0 fully saturated rings. The van der Waals surface area contributed by atoms with E-state index in [1.54, 1.807) is 13.3 Å². The molecule has 1 N–H and O–H groups in total. The van der Waals surface area contributed by atoms with Crippen molar-refractivity contribution in [2.75, 3.05) is 7.11 Å². The van der Waals surface area contributed by atoms with Crippen molar-refractivity contribution in [3.63, 3.8) is 0 Å². The highest BCUT2D eigenvalue weighted by Crippen LogP contribution is 2.24. The standard InChI is InChI=1S/C18H17ClN4O2S/c1-12-7-15(4-5-16(12)19)25-10-14-8-13(3-6-17(14)24-2)9-21-23-11-20-22-18(23)26/h3-9,11H,10H2,1-2H3,(H,22,26)/b21-9-. The van der Waals surface area contributed by atoms with E-state index in [9.17, 15) is 0 Å². The molecule has 0 bridgehead atoms. The van der Waals surface area contributed by atoms with E-state index in [0.717, 1.165) is 28.2 Å². The topological polar surface area (TPSA) is 64.4 Å². The zero-order valence-corrected chi connectivity index (χ0v) is 15.8. The maximum Gasteiger partial charge on any atom is 0.216 e. The number of nitrogens with one attached hydrogen (secondary N) is 1. The van der Waals surface area contributed by atoms with Crippen LogP contribution in [0.15, 0.2) is 47.8 Å². The highest BCUT2D eigenvalue weighted by atomic mass is 35.5. The van der Waals surface area contributed by atoms with Gasteiger partial charge in [0.2, 0.25) is 4.77 Å². The molecule has 0 aliphatic heterocycles. The van der Waals surface area contributed by atoms with Gasteiger partial charge in [0.25, 0.3) is 0 Å². The third-order valence-electron chi connectivity index (χ3n) is 3.69. The number of H-pyrrole nitrogens is 1. The Labute approximate surface area is 161 Å². The number of methoxy groups -OCH3 is 1. The van der Waals surface area contributed by atoms with Crippen molar-refractivity contribution >= 4 is 30.0 Å². The summed E-state index contributed by atoms with van der Waals surface area (Å²) < 4.78 is 13.2. The van der Waals surface area contributed by atoms with Crippen LogP contribution in [0.1, 0.15) is 16.7 Å². The van der Waals surface area contributed by atoms with Gasteiger partial charge in [0.1, 0.15) is 24.4 Å². The molecular formula is C18H17ClN4O2S. The molecule has 6 nitrogen and oxygen atoms in total. The monoisotopic (exact) mass is 388 g/mol. The van der Waals surface area contributed by atoms with Gasteiger partial charge in [0.15, 0.2) is 0 Å². The molecule has 8 heteroatoms. The fraction of sp³-hybridized carbons (Fsp3) is 0.167. The van der Waals surface area contributed by atoms with Crippen LogP contribution in [0.4, 0.5) is 0 Å². The van der Waals surface area contributed by atoms with Crippen LogP contribution in [-0.2, 0) is 6.61 Å². The van der Waals surface area contributed by atoms with Crippen LogP contribution in [0.3, 0.4) is 0 Å². The van der Waals surface area contributed by atoms with E-state index in [0.29, 0.717) is 16.4 Å². The second-order valence-corrected chi connectivity index (χ2v) is 6.32. The summed E-state index contributed by atoms with van der Waals surface area (Å²) in [5.41, 5.74) is 2.76. The minimum Gasteiger partial charge on any atom is -0.496 e. The van der Waals surface area contributed by atoms with Gasteiger partial charge >= 0.3 is 0 Å². The first-order chi connectivity index (χ1) is 12.6. The largest absolute Gasteiger partial charge is 0.496 e. The fourth-order valence-electron chi connectivity index (χ4n) is 2.31. The van der Waals surface area contributed by atoms with Gasteiger partial charge in [-0.05, 0) is 66.7 Å². The second-order valence-electron chi connectivity index (χ2n) is 5.52. The van der Waals surface area contributed by atoms with Crippen LogP contribution in [0, 0.1) is 11.7 Å². The fourth-order valence-corrected chi connectivity index (χ4v) is 2.58. The number of aromatic amines is 1. The Morgan fingerprint density at radius 3 is 2.85 bits per heavy atom. The van der Waals surface area contributed by atoms with Gasteiger partial charge in [0, 0.05) is 10.6 Å². The molecule has 26 heavy (non-hydrogen) atoms. The average Bonchev–Trinajstić information content (AvgIpc) is 3.06. The zero-order chi connectivity index (χ0) is 18.5. The molecule has 3 aromatic rings. The van der Waals surface area contributed by atoms with Gasteiger partial charge in [-0.2, -0.15) is 14.9 Å². The molecule has 0 atom stereocenters. The summed E-state index contributed by atoms with van der Waals surface area (Å²) in [6.07, 6.45) is 3.20. The van der Waals surface area contributed by atoms with Crippen molar-refractivity contribution in [2.24, 2.45) is 5.10 Å². The van der Waals surface area contributed by atoms with E-state index >= 15 is 0 Å². The maximum absolute atomic E-state index is 6.05. The maximum atomic E-state index is 6.05. The first-order valence-electron chi connectivity index (χ1n) is 7.79. The number of aromatic nitrogens is 3. The molecule has 0 radical (unpaired) electrons. The summed E-state index contributed by atoms with van der Waals surface area (Å²) in [4.78, 5) is 0. The lowest BCUT2D eigenvalue weighted by Crippen LogP contribution is -2.00. The number of hydrogen-bond acceptors (Lipinski definition) is 5. The Bertz CT molecular complexity index is 997. The van der Waals surface area contributed by atoms with Crippen LogP contribution in [0.5, 0.6) is 11.5 Å². The number of nitrogens with zero attached hydrogens (tertiary/aromatic N) is 3. The third-order valence-corrected chi connectivity index (χ3v) is 4.40. The molecule has 1 heterocycles. The highest BCUT2D eigenvalue weighted by Gasteiger charge is 2.06. The van der Waals surface area contributed by atoms with Crippen molar-refractivity contribution in [2.45, 2.75) is 13.5 Å². The Morgan fingerprint density at radius 1 is 1.31 bits per heavy atom. The lowest BCUT2D eigenvalue weighted by atomic mass is 10.1. The summed E-state index contributed by atoms with van der Waals surface area (Å²) in [5, 5.41) is 11.5. The van der Waals surface area contributed by atoms with Gasteiger partial charge in [-0.25, -0.2) is 0 Å². The summed E-state index contributed by atoms with van der Waals surface area (Å²) in [6, 6.07) is 11.3. The molecule has 0 aliphatic rings. The lowest BCUT2D eigenvalue weighted by Gasteiger charge is -2.12. The highest BCUT2D eigenvalue weighted by molar-refractivity contribution is 7.71. The predicted octanol–water partition coefficient (Wildman–Crippen LogP) is 4.37. The van der Waals surface area contributed by atoms with Crippen molar-refractivity contribution < 1.29 is 9.47 Å². The Balaban J connectivity index is 1.79.